The molecule has 0 aliphatic heterocycles. The van der Waals surface area contributed by atoms with Gasteiger partial charge in [-0.05, 0) is 78.1 Å². The molecule has 0 saturated heterocycles. The molecule has 7 aromatic carbocycles. The van der Waals surface area contributed by atoms with Gasteiger partial charge >= 0.3 is 0 Å². The van der Waals surface area contributed by atoms with E-state index in [0.717, 1.165) is 52.3 Å². The van der Waals surface area contributed by atoms with Gasteiger partial charge in [0.05, 0.1) is 27.9 Å². The zero-order valence-electron chi connectivity index (χ0n) is 30.7. The molecule has 0 atom stereocenters. The van der Waals surface area contributed by atoms with Gasteiger partial charge in [0.15, 0.2) is 5.82 Å². The number of hydrogen-bond acceptors (Lipinski definition) is 2. The molecule has 4 nitrogen and oxygen atoms in total. The molecule has 10 aromatic rings. The quantitative estimate of drug-likeness (QED) is 0.172. The van der Waals surface area contributed by atoms with E-state index >= 15 is 0 Å². The van der Waals surface area contributed by atoms with Crippen molar-refractivity contribution in [2.75, 3.05) is 0 Å². The van der Waals surface area contributed by atoms with Gasteiger partial charge in [0.25, 0.3) is 0 Å². The van der Waals surface area contributed by atoms with E-state index < -0.39 is 0 Å². The van der Waals surface area contributed by atoms with Crippen LogP contribution in [0.2, 0.25) is 0 Å². The first kappa shape index (κ1) is 32.2. The normalized spacial score (nSPS) is 12.4. The number of aryl methyl sites for hydroxylation is 1. The smallest absolute Gasteiger partial charge is 0.160 e. The number of fused-ring (bicyclic) bond motifs is 6. The SMILES string of the molecule is C1=Cc2c(c3ccccc3n2-c2cc(-c3cc(-c4ccc(-c5ccccc5)cc4)nc(-c4ccccc4)n3)cc(-n3c4ccccc4c4ccccc43)c2)CC1. The van der Waals surface area contributed by atoms with Crippen LogP contribution in [-0.4, -0.2) is 19.1 Å². The predicted octanol–water partition coefficient (Wildman–Crippen LogP) is 13.1. The summed E-state index contributed by atoms with van der Waals surface area (Å²) in [5.74, 6) is 0.695. The molecule has 0 fully saturated rings. The summed E-state index contributed by atoms with van der Waals surface area (Å²) in [5, 5.41) is 3.78. The summed E-state index contributed by atoms with van der Waals surface area (Å²) in [4.78, 5) is 10.5. The first-order valence-electron chi connectivity index (χ1n) is 19.3. The Balaban J connectivity index is 1.18. The van der Waals surface area contributed by atoms with E-state index in [0.29, 0.717) is 5.82 Å². The van der Waals surface area contributed by atoms with Crippen LogP contribution in [-0.2, 0) is 6.42 Å². The molecule has 1 aliphatic carbocycles. The monoisotopic (exact) mass is 716 g/mol. The number of benzene rings is 7. The summed E-state index contributed by atoms with van der Waals surface area (Å²) in [6.07, 6.45) is 6.69. The Morgan fingerprint density at radius 2 is 0.893 bits per heavy atom. The molecule has 3 heterocycles. The molecule has 3 aromatic heterocycles. The van der Waals surface area contributed by atoms with E-state index in [2.05, 4.69) is 197 Å². The highest BCUT2D eigenvalue weighted by atomic mass is 15.0. The van der Waals surface area contributed by atoms with Crippen molar-refractivity contribution >= 4 is 38.8 Å². The molecule has 0 unspecified atom stereocenters. The zero-order chi connectivity index (χ0) is 37.0. The second kappa shape index (κ2) is 13.2. The molecular formula is C52H36N4. The van der Waals surface area contributed by atoms with Crippen LogP contribution in [0, 0.1) is 0 Å². The maximum atomic E-state index is 5.34. The fourth-order valence-corrected chi connectivity index (χ4v) is 8.59. The Morgan fingerprint density at radius 3 is 1.55 bits per heavy atom. The third-order valence-corrected chi connectivity index (χ3v) is 11.2. The summed E-state index contributed by atoms with van der Waals surface area (Å²) in [5.41, 5.74) is 15.5. The molecule has 0 amide bonds. The molecule has 56 heavy (non-hydrogen) atoms. The summed E-state index contributed by atoms with van der Waals surface area (Å²) in [6.45, 7) is 0. The van der Waals surface area contributed by atoms with E-state index in [-0.39, 0.29) is 0 Å². The van der Waals surface area contributed by atoms with E-state index in [1.54, 1.807) is 0 Å². The maximum Gasteiger partial charge on any atom is 0.160 e. The van der Waals surface area contributed by atoms with Crippen molar-refractivity contribution in [3.8, 4) is 56.4 Å². The Kier molecular flexibility index (Phi) is 7.59. The van der Waals surface area contributed by atoms with Gasteiger partial charge in [0.2, 0.25) is 0 Å². The molecule has 1 aliphatic rings. The van der Waals surface area contributed by atoms with E-state index in [1.807, 2.05) is 6.07 Å². The summed E-state index contributed by atoms with van der Waals surface area (Å²) in [7, 11) is 0. The van der Waals surface area contributed by atoms with Gasteiger partial charge < -0.3 is 9.13 Å². The van der Waals surface area contributed by atoms with Crippen LogP contribution in [0.3, 0.4) is 0 Å². The second-order valence-electron chi connectivity index (χ2n) is 14.5. The van der Waals surface area contributed by atoms with Crippen molar-refractivity contribution in [1.82, 2.24) is 19.1 Å². The Labute approximate surface area is 325 Å². The lowest BCUT2D eigenvalue weighted by Gasteiger charge is -2.17. The molecular weight excluding hydrogens is 681 g/mol. The Hall–Kier alpha value is -7.30. The van der Waals surface area contributed by atoms with Gasteiger partial charge in [-0.1, -0.05) is 146 Å². The molecule has 11 rings (SSSR count). The Bertz CT molecular complexity index is 3060. The van der Waals surface area contributed by atoms with Crippen molar-refractivity contribution < 1.29 is 0 Å². The van der Waals surface area contributed by atoms with E-state index in [1.165, 1.54) is 55.1 Å². The molecule has 0 bridgehead atoms. The van der Waals surface area contributed by atoms with Crippen LogP contribution in [0.25, 0.3) is 95.2 Å². The minimum absolute atomic E-state index is 0.695. The van der Waals surface area contributed by atoms with E-state index in [9.17, 15) is 0 Å². The molecule has 0 N–H and O–H groups in total. The third kappa shape index (κ3) is 5.38. The lowest BCUT2D eigenvalue weighted by atomic mass is 10.0. The third-order valence-electron chi connectivity index (χ3n) is 11.2. The highest BCUT2D eigenvalue weighted by Gasteiger charge is 2.21. The molecule has 0 radical (unpaired) electrons. The number of allylic oxidation sites excluding steroid dienone is 1. The van der Waals surface area contributed by atoms with Crippen molar-refractivity contribution in [3.05, 3.63) is 199 Å². The first-order valence-corrected chi connectivity index (χ1v) is 19.3. The zero-order valence-corrected chi connectivity index (χ0v) is 30.7. The fourth-order valence-electron chi connectivity index (χ4n) is 8.59. The van der Waals surface area contributed by atoms with Crippen molar-refractivity contribution in [2.24, 2.45) is 0 Å². The van der Waals surface area contributed by atoms with Crippen LogP contribution in [0.5, 0.6) is 0 Å². The van der Waals surface area contributed by atoms with Crippen LogP contribution in [0.1, 0.15) is 17.7 Å². The van der Waals surface area contributed by atoms with Gasteiger partial charge in [-0.2, -0.15) is 0 Å². The molecule has 0 spiro atoms. The molecule has 4 heteroatoms. The predicted molar refractivity (Wildman–Crippen MR) is 232 cm³/mol. The van der Waals surface area contributed by atoms with Crippen LogP contribution < -0.4 is 0 Å². The van der Waals surface area contributed by atoms with E-state index in [4.69, 9.17) is 9.97 Å². The van der Waals surface area contributed by atoms with Crippen LogP contribution >= 0.6 is 0 Å². The standard InChI is InChI=1S/C52H36N4/c1-3-15-35(16-4-1)36-27-29-37(30-28-36)46-34-47(54-52(53-46)38-17-5-2-6-18-38)39-31-40(55-48-23-11-7-19-42(48)43-20-8-12-24-49(43)55)33-41(32-39)56-50-25-13-9-21-44(50)45-22-10-14-26-51(45)56/h1-9,11-21,23-34H,10,22H2. The molecule has 0 saturated carbocycles. The average molecular weight is 717 g/mol. The number of rotatable bonds is 6. The van der Waals surface area contributed by atoms with Crippen molar-refractivity contribution in [2.45, 2.75) is 12.8 Å². The number of hydrogen-bond donors (Lipinski definition) is 0. The lowest BCUT2D eigenvalue weighted by Crippen LogP contribution is -2.04. The van der Waals surface area contributed by atoms with Crippen LogP contribution in [0.15, 0.2) is 188 Å². The minimum Gasteiger partial charge on any atom is -0.309 e. The topological polar surface area (TPSA) is 35.6 Å². The number of aromatic nitrogens is 4. The highest BCUT2D eigenvalue weighted by molar-refractivity contribution is 6.09. The van der Waals surface area contributed by atoms with Gasteiger partial charge in [-0.15, -0.1) is 0 Å². The summed E-state index contributed by atoms with van der Waals surface area (Å²) >= 11 is 0. The maximum absolute atomic E-state index is 5.34. The number of nitrogens with zero attached hydrogens (tertiary/aromatic N) is 4. The summed E-state index contributed by atoms with van der Waals surface area (Å²) < 4.78 is 4.86. The lowest BCUT2D eigenvalue weighted by molar-refractivity contribution is 0.966. The van der Waals surface area contributed by atoms with Gasteiger partial charge in [-0.25, -0.2) is 9.97 Å². The first-order chi connectivity index (χ1) is 27.8. The van der Waals surface area contributed by atoms with Crippen LogP contribution in [0.4, 0.5) is 0 Å². The second-order valence-corrected chi connectivity index (χ2v) is 14.5. The largest absolute Gasteiger partial charge is 0.309 e. The summed E-state index contributed by atoms with van der Waals surface area (Å²) in [6, 6.07) is 64.9. The van der Waals surface area contributed by atoms with Gasteiger partial charge in [-0.3, -0.25) is 0 Å². The van der Waals surface area contributed by atoms with Crippen molar-refractivity contribution in [3.63, 3.8) is 0 Å². The van der Waals surface area contributed by atoms with Gasteiger partial charge in [0, 0.05) is 49.9 Å². The fraction of sp³-hybridized carbons (Fsp3) is 0.0385. The molecule has 264 valence electrons. The van der Waals surface area contributed by atoms with Crippen molar-refractivity contribution in [1.29, 1.82) is 0 Å². The highest BCUT2D eigenvalue weighted by Crippen LogP contribution is 2.39. The Morgan fingerprint density at radius 1 is 0.393 bits per heavy atom. The number of para-hydroxylation sites is 3. The van der Waals surface area contributed by atoms with Gasteiger partial charge in [0.1, 0.15) is 0 Å². The average Bonchev–Trinajstić information content (AvgIpc) is 3.80. The minimum atomic E-state index is 0.695.